The lowest BCUT2D eigenvalue weighted by Crippen LogP contribution is -2.28. The molecule has 12 heteroatoms. The van der Waals surface area contributed by atoms with Gasteiger partial charge in [-0.15, -0.1) is 0 Å². The average molecular weight is 643 g/mol. The number of hydrogen-bond acceptors (Lipinski definition) is 3. The van der Waals surface area contributed by atoms with Crippen molar-refractivity contribution in [3.8, 4) is 0 Å². The van der Waals surface area contributed by atoms with Gasteiger partial charge in [-0.2, -0.15) is 0 Å². The molecule has 0 spiro atoms. The molecule has 0 N–H and O–H groups in total. The summed E-state index contributed by atoms with van der Waals surface area (Å²) in [6.45, 7) is 5.95. The average Bonchev–Trinajstić information content (AvgIpc) is 2.97. The maximum absolute atomic E-state index is 13.8. The van der Waals surface area contributed by atoms with E-state index in [4.69, 9.17) is 16.3 Å². The van der Waals surface area contributed by atoms with Crippen LogP contribution in [0.25, 0.3) is 11.0 Å². The molecular weight excluding hydrogens is 621 g/mol. The molecule has 0 unspecified atom stereocenters. The van der Waals surface area contributed by atoms with Crippen molar-refractivity contribution in [1.82, 2.24) is 9.13 Å². The fraction of sp³-hybridized carbons (Fsp3) is 0.364. The van der Waals surface area contributed by atoms with Gasteiger partial charge in [-0.1, -0.05) is 31.2 Å². The molecule has 0 aliphatic heterocycles. The Morgan fingerprint density at radius 2 is 1.85 bits per heavy atom. The van der Waals surface area contributed by atoms with Crippen LogP contribution >= 0.6 is 43.5 Å². The van der Waals surface area contributed by atoms with E-state index in [9.17, 15) is 22.8 Å². The first-order chi connectivity index (χ1) is 15.8. The number of nitrogens with zero attached hydrogens (tertiary/aromatic N) is 2. The third-order valence-corrected chi connectivity index (χ3v) is 8.56. The highest BCUT2D eigenvalue weighted by molar-refractivity contribution is 9.11. The largest absolute Gasteiger partial charge is 0.361 e. The van der Waals surface area contributed by atoms with Crippen molar-refractivity contribution >= 4 is 68.4 Å². The van der Waals surface area contributed by atoms with Gasteiger partial charge < -0.3 is 4.74 Å². The zero-order chi connectivity index (χ0) is 25.4. The molecule has 0 aliphatic rings. The number of fused-ring (bicyclic) bond motifs is 1. The molecule has 3 aromatic rings. The van der Waals surface area contributed by atoms with Crippen LogP contribution < -0.4 is 5.69 Å². The van der Waals surface area contributed by atoms with Gasteiger partial charge in [0, 0.05) is 24.7 Å². The van der Waals surface area contributed by atoms with Crippen LogP contribution in [0.1, 0.15) is 15.9 Å². The van der Waals surface area contributed by atoms with Crippen LogP contribution in [0.2, 0.25) is 30.7 Å². The van der Waals surface area contributed by atoms with Crippen molar-refractivity contribution in [1.29, 1.82) is 0 Å². The summed E-state index contributed by atoms with van der Waals surface area (Å²) in [7, 11) is -1.39. The Balaban J connectivity index is 2.17. The molecule has 0 radical (unpaired) electrons. The van der Waals surface area contributed by atoms with Gasteiger partial charge in [-0.25, -0.2) is 18.0 Å². The molecule has 2 aromatic carbocycles. The summed E-state index contributed by atoms with van der Waals surface area (Å²) in [5.41, 5.74) is -0.276. The molecule has 184 valence electrons. The molecule has 34 heavy (non-hydrogen) atoms. The second-order valence-corrected chi connectivity index (χ2v) is 16.6. The van der Waals surface area contributed by atoms with E-state index in [0.717, 1.165) is 22.7 Å². The first kappa shape index (κ1) is 27.2. The normalized spacial score (nSPS) is 12.2. The lowest BCUT2D eigenvalue weighted by molar-refractivity contribution is 0.0853. The molecule has 0 atom stereocenters. The summed E-state index contributed by atoms with van der Waals surface area (Å²) in [6, 6.07) is 5.69. The Hall–Kier alpha value is -1.40. The maximum Gasteiger partial charge on any atom is 0.331 e. The van der Waals surface area contributed by atoms with Crippen LogP contribution in [0.15, 0.2) is 38.0 Å². The number of imidazole rings is 1. The molecule has 1 aromatic heterocycles. The van der Waals surface area contributed by atoms with Gasteiger partial charge in [0.05, 0.1) is 32.6 Å². The van der Waals surface area contributed by atoms with E-state index in [-0.39, 0.29) is 42.9 Å². The Bertz CT molecular complexity index is 1310. The van der Waals surface area contributed by atoms with Gasteiger partial charge in [-0.3, -0.25) is 13.9 Å². The third-order valence-electron chi connectivity index (χ3n) is 5.13. The molecule has 0 saturated carbocycles. The minimum absolute atomic E-state index is 0.0487. The molecule has 0 aliphatic carbocycles. The zero-order valence-electron chi connectivity index (χ0n) is 18.6. The summed E-state index contributed by atoms with van der Waals surface area (Å²) in [4.78, 5) is 26.4. The number of rotatable bonds is 9. The Labute approximate surface area is 217 Å². The van der Waals surface area contributed by atoms with Crippen LogP contribution in [0.3, 0.4) is 0 Å². The van der Waals surface area contributed by atoms with Crippen molar-refractivity contribution in [3.63, 3.8) is 0 Å². The first-order valence-corrected chi connectivity index (χ1v) is 16.0. The first-order valence-electron chi connectivity index (χ1n) is 10.3. The predicted octanol–water partition coefficient (Wildman–Crippen LogP) is 6.93. The van der Waals surface area contributed by atoms with Gasteiger partial charge >= 0.3 is 5.69 Å². The Morgan fingerprint density at radius 3 is 2.47 bits per heavy atom. The van der Waals surface area contributed by atoms with Gasteiger partial charge in [0.25, 0.3) is 6.43 Å². The predicted molar refractivity (Wildman–Crippen MR) is 137 cm³/mol. The second-order valence-electron chi connectivity index (χ2n) is 8.93. The second kappa shape index (κ2) is 10.7. The van der Waals surface area contributed by atoms with Gasteiger partial charge in [0.1, 0.15) is 12.5 Å². The SMILES string of the molecule is C[Si](C)(C)CCOCn1c(=O)n(CC(F)F)c2cc(Br)c(C(=O)c3cc(F)ccc3Cl)c(Br)c21. The summed E-state index contributed by atoms with van der Waals surface area (Å²) in [5, 5.41) is 0.0487. The van der Waals surface area contributed by atoms with E-state index in [2.05, 4.69) is 51.5 Å². The van der Waals surface area contributed by atoms with Gasteiger partial charge in [0.15, 0.2) is 5.78 Å². The van der Waals surface area contributed by atoms with Crippen molar-refractivity contribution in [2.45, 2.75) is 45.4 Å². The number of halogens is 6. The quantitative estimate of drug-likeness (QED) is 0.145. The summed E-state index contributed by atoms with van der Waals surface area (Å²) in [6.07, 6.45) is -2.77. The van der Waals surface area contributed by atoms with Crippen molar-refractivity contribution < 1.29 is 22.7 Å². The number of ether oxygens (including phenoxy) is 1. The molecule has 3 rings (SSSR count). The lowest BCUT2D eigenvalue weighted by Gasteiger charge is -2.16. The molecule has 0 saturated heterocycles. The molecule has 0 amide bonds. The van der Waals surface area contributed by atoms with E-state index in [1.54, 1.807) is 0 Å². The molecule has 1 heterocycles. The number of ketones is 1. The number of hydrogen-bond donors (Lipinski definition) is 0. The number of carbonyl (C=O) groups excluding carboxylic acids is 1. The molecule has 0 bridgehead atoms. The fourth-order valence-corrected chi connectivity index (χ4v) is 6.02. The Kier molecular flexibility index (Phi) is 8.55. The van der Waals surface area contributed by atoms with E-state index in [1.165, 1.54) is 16.7 Å². The van der Waals surface area contributed by atoms with E-state index < -0.39 is 38.3 Å². The number of aromatic nitrogens is 2. The van der Waals surface area contributed by atoms with E-state index in [0.29, 0.717) is 6.61 Å². The molecule has 5 nitrogen and oxygen atoms in total. The van der Waals surface area contributed by atoms with E-state index >= 15 is 0 Å². The number of carbonyl (C=O) groups is 1. The highest BCUT2D eigenvalue weighted by Crippen LogP contribution is 2.36. The van der Waals surface area contributed by atoms with Crippen LogP contribution in [-0.2, 0) is 18.0 Å². The third kappa shape index (κ3) is 5.87. The molecule has 0 fully saturated rings. The fourth-order valence-electron chi connectivity index (χ4n) is 3.39. The van der Waals surface area contributed by atoms with Crippen LogP contribution in [0, 0.1) is 5.82 Å². The van der Waals surface area contributed by atoms with Crippen molar-refractivity contribution in [2.75, 3.05) is 6.61 Å². The zero-order valence-corrected chi connectivity index (χ0v) is 23.5. The topological polar surface area (TPSA) is 53.2 Å². The summed E-state index contributed by atoms with van der Waals surface area (Å²) < 4.78 is 48.6. The number of alkyl halides is 2. The van der Waals surface area contributed by atoms with Crippen molar-refractivity contribution in [2.24, 2.45) is 0 Å². The Morgan fingerprint density at radius 1 is 1.18 bits per heavy atom. The standard InChI is InChI=1S/C22H22Br2ClF3N2O3Si/c1-34(2,3)7-6-33-11-30-20-16(29(22(30)32)10-17(27)28)9-14(23)18(19(20)24)21(31)13-8-12(26)4-5-15(13)25/h4-5,8-9,17H,6-7,10-11H2,1-3H3. The van der Waals surface area contributed by atoms with Crippen LogP contribution in [0.5, 0.6) is 0 Å². The minimum Gasteiger partial charge on any atom is -0.361 e. The molecular formula is C22H22Br2ClF3N2O3Si. The van der Waals surface area contributed by atoms with E-state index in [1.807, 2.05) is 0 Å². The summed E-state index contributed by atoms with van der Waals surface area (Å²) >= 11 is 12.8. The minimum atomic E-state index is -2.77. The monoisotopic (exact) mass is 640 g/mol. The maximum atomic E-state index is 13.8. The van der Waals surface area contributed by atoms with Crippen molar-refractivity contribution in [3.05, 3.63) is 65.7 Å². The van der Waals surface area contributed by atoms with Crippen LogP contribution in [0.4, 0.5) is 13.2 Å². The van der Waals surface area contributed by atoms with Gasteiger partial charge in [-0.05, 0) is 62.2 Å². The number of benzene rings is 2. The van der Waals surface area contributed by atoms with Gasteiger partial charge in [0.2, 0.25) is 0 Å². The smallest absolute Gasteiger partial charge is 0.331 e. The highest BCUT2D eigenvalue weighted by atomic mass is 79.9. The van der Waals surface area contributed by atoms with Crippen LogP contribution in [-0.4, -0.2) is 36.0 Å². The lowest BCUT2D eigenvalue weighted by atomic mass is 10.0. The summed E-state index contributed by atoms with van der Waals surface area (Å²) in [5.74, 6) is -1.25. The highest BCUT2D eigenvalue weighted by Gasteiger charge is 2.26.